The lowest BCUT2D eigenvalue weighted by Crippen LogP contribution is -2.54. The SMILES string of the molecule is CN(C(=O)OC(C)(C)C)[C@@H]1CCNC[C@H]1O. The average Bonchev–Trinajstić information content (AvgIpc) is 2.15. The zero-order valence-electron chi connectivity index (χ0n) is 10.5. The molecule has 0 aromatic heterocycles. The molecule has 1 heterocycles. The molecule has 5 nitrogen and oxygen atoms in total. The smallest absolute Gasteiger partial charge is 0.410 e. The number of ether oxygens (including phenoxy) is 1. The van der Waals surface area contributed by atoms with Crippen LogP contribution in [0.5, 0.6) is 0 Å². The molecule has 1 aliphatic rings. The van der Waals surface area contributed by atoms with Crippen molar-refractivity contribution >= 4 is 6.09 Å². The fourth-order valence-corrected chi connectivity index (χ4v) is 1.75. The fourth-order valence-electron chi connectivity index (χ4n) is 1.75. The van der Waals surface area contributed by atoms with Crippen LogP contribution in [-0.2, 0) is 4.74 Å². The number of hydrogen-bond donors (Lipinski definition) is 2. The quantitative estimate of drug-likeness (QED) is 0.691. The van der Waals surface area contributed by atoms with Crippen molar-refractivity contribution in [2.45, 2.75) is 44.9 Å². The van der Waals surface area contributed by atoms with E-state index in [-0.39, 0.29) is 12.1 Å². The maximum Gasteiger partial charge on any atom is 0.410 e. The van der Waals surface area contributed by atoms with Gasteiger partial charge in [0.05, 0.1) is 12.1 Å². The van der Waals surface area contributed by atoms with Crippen molar-refractivity contribution in [2.24, 2.45) is 0 Å². The third kappa shape index (κ3) is 3.64. The topological polar surface area (TPSA) is 61.8 Å². The van der Waals surface area contributed by atoms with Crippen molar-refractivity contribution in [3.8, 4) is 0 Å². The van der Waals surface area contributed by atoms with E-state index in [4.69, 9.17) is 4.74 Å². The van der Waals surface area contributed by atoms with E-state index in [2.05, 4.69) is 5.32 Å². The Morgan fingerprint density at radius 1 is 1.50 bits per heavy atom. The van der Waals surface area contributed by atoms with E-state index in [0.717, 1.165) is 13.0 Å². The molecule has 1 fully saturated rings. The van der Waals surface area contributed by atoms with Crippen LogP contribution in [0.1, 0.15) is 27.2 Å². The second-order valence-electron chi connectivity index (χ2n) is 5.22. The van der Waals surface area contributed by atoms with E-state index in [1.165, 1.54) is 4.90 Å². The summed E-state index contributed by atoms with van der Waals surface area (Å²) in [5, 5.41) is 12.9. The first-order valence-electron chi connectivity index (χ1n) is 5.66. The molecule has 1 rings (SSSR count). The number of carbonyl (C=O) groups is 1. The average molecular weight is 230 g/mol. The molecule has 0 aliphatic carbocycles. The summed E-state index contributed by atoms with van der Waals surface area (Å²) in [6, 6.07) is -0.156. The first-order valence-corrected chi connectivity index (χ1v) is 5.66. The predicted octanol–water partition coefficient (Wildman–Crippen LogP) is 0.576. The van der Waals surface area contributed by atoms with Gasteiger partial charge in [-0.2, -0.15) is 0 Å². The minimum absolute atomic E-state index is 0.156. The molecule has 16 heavy (non-hydrogen) atoms. The molecule has 94 valence electrons. The molecule has 0 radical (unpaired) electrons. The Balaban J connectivity index is 2.55. The van der Waals surface area contributed by atoms with E-state index in [0.29, 0.717) is 6.54 Å². The van der Waals surface area contributed by atoms with Gasteiger partial charge in [-0.25, -0.2) is 4.79 Å². The molecular weight excluding hydrogens is 208 g/mol. The van der Waals surface area contributed by atoms with Gasteiger partial charge in [0, 0.05) is 13.6 Å². The molecule has 2 atom stereocenters. The Morgan fingerprint density at radius 3 is 2.62 bits per heavy atom. The van der Waals surface area contributed by atoms with Gasteiger partial charge in [-0.3, -0.25) is 0 Å². The van der Waals surface area contributed by atoms with Crippen molar-refractivity contribution in [1.29, 1.82) is 0 Å². The number of hydrogen-bond acceptors (Lipinski definition) is 4. The molecular formula is C11H22N2O3. The normalized spacial score (nSPS) is 26.3. The second kappa shape index (κ2) is 5.01. The van der Waals surface area contributed by atoms with Crippen LogP contribution in [0.3, 0.4) is 0 Å². The summed E-state index contributed by atoms with van der Waals surface area (Å²) >= 11 is 0. The molecule has 0 unspecified atom stereocenters. The van der Waals surface area contributed by atoms with Gasteiger partial charge in [0.2, 0.25) is 0 Å². The van der Waals surface area contributed by atoms with Gasteiger partial charge in [-0.1, -0.05) is 0 Å². The first-order chi connectivity index (χ1) is 7.31. The van der Waals surface area contributed by atoms with Crippen LogP contribution in [0, 0.1) is 0 Å². The number of likely N-dealkylation sites (N-methyl/N-ethyl adjacent to an activating group) is 1. The minimum atomic E-state index is -0.522. The third-order valence-electron chi connectivity index (χ3n) is 2.59. The number of aliphatic hydroxyl groups excluding tert-OH is 1. The lowest BCUT2D eigenvalue weighted by atomic mass is 10.0. The molecule has 1 aliphatic heterocycles. The zero-order chi connectivity index (χ0) is 12.3. The molecule has 0 aromatic rings. The molecule has 2 N–H and O–H groups in total. The number of amides is 1. The largest absolute Gasteiger partial charge is 0.444 e. The standard InChI is InChI=1S/C11H22N2O3/c1-11(2,3)16-10(15)13(4)8-5-6-12-7-9(8)14/h8-9,12,14H,5-7H2,1-4H3/t8-,9-/m1/s1. The molecule has 0 aromatic carbocycles. The maximum atomic E-state index is 11.8. The van der Waals surface area contributed by atoms with Crippen molar-refractivity contribution in [3.63, 3.8) is 0 Å². The van der Waals surface area contributed by atoms with Crippen LogP contribution in [-0.4, -0.2) is 54.0 Å². The number of piperidine rings is 1. The van der Waals surface area contributed by atoms with Gasteiger partial charge in [0.15, 0.2) is 0 Å². The number of β-amino-alcohol motifs (C(OH)–C–C–N with tert-alkyl or cyclic N) is 1. The summed E-state index contributed by atoms with van der Waals surface area (Å²) in [6.45, 7) is 6.83. The molecule has 1 saturated heterocycles. The Kier molecular flexibility index (Phi) is 4.15. The molecule has 5 heteroatoms. The molecule has 0 bridgehead atoms. The Labute approximate surface area is 96.8 Å². The van der Waals surface area contributed by atoms with E-state index in [1.807, 2.05) is 20.8 Å². The molecule has 0 saturated carbocycles. The van der Waals surface area contributed by atoms with Gasteiger partial charge in [0.1, 0.15) is 5.60 Å². The number of aliphatic hydroxyl groups is 1. The van der Waals surface area contributed by atoms with E-state index in [1.54, 1.807) is 7.05 Å². The van der Waals surface area contributed by atoms with Crippen molar-refractivity contribution < 1.29 is 14.6 Å². The van der Waals surface area contributed by atoms with Crippen LogP contribution in [0.4, 0.5) is 4.79 Å². The summed E-state index contributed by atoms with van der Waals surface area (Å²) in [7, 11) is 1.67. The highest BCUT2D eigenvalue weighted by atomic mass is 16.6. The van der Waals surface area contributed by atoms with Crippen LogP contribution in [0.15, 0.2) is 0 Å². The van der Waals surface area contributed by atoms with Crippen molar-refractivity contribution in [2.75, 3.05) is 20.1 Å². The van der Waals surface area contributed by atoms with Crippen LogP contribution in [0.25, 0.3) is 0 Å². The van der Waals surface area contributed by atoms with Gasteiger partial charge in [-0.15, -0.1) is 0 Å². The van der Waals surface area contributed by atoms with Gasteiger partial charge in [0.25, 0.3) is 0 Å². The minimum Gasteiger partial charge on any atom is -0.444 e. The number of nitrogens with zero attached hydrogens (tertiary/aromatic N) is 1. The second-order valence-corrected chi connectivity index (χ2v) is 5.22. The Hall–Kier alpha value is -0.810. The van der Waals surface area contributed by atoms with Crippen molar-refractivity contribution in [3.05, 3.63) is 0 Å². The highest BCUT2D eigenvalue weighted by Crippen LogP contribution is 2.15. The Morgan fingerprint density at radius 2 is 2.12 bits per heavy atom. The summed E-state index contributed by atoms with van der Waals surface area (Å²) in [4.78, 5) is 13.3. The van der Waals surface area contributed by atoms with Crippen molar-refractivity contribution in [1.82, 2.24) is 10.2 Å². The molecule has 0 spiro atoms. The predicted molar refractivity (Wildman–Crippen MR) is 61.3 cm³/mol. The van der Waals surface area contributed by atoms with Gasteiger partial charge >= 0.3 is 6.09 Å². The van der Waals surface area contributed by atoms with E-state index in [9.17, 15) is 9.90 Å². The lowest BCUT2D eigenvalue weighted by Gasteiger charge is -2.36. The lowest BCUT2D eigenvalue weighted by molar-refractivity contribution is -0.00463. The highest BCUT2D eigenvalue weighted by Gasteiger charge is 2.31. The monoisotopic (exact) mass is 230 g/mol. The van der Waals surface area contributed by atoms with Crippen LogP contribution < -0.4 is 5.32 Å². The number of rotatable bonds is 1. The third-order valence-corrected chi connectivity index (χ3v) is 2.59. The zero-order valence-corrected chi connectivity index (χ0v) is 10.5. The van der Waals surface area contributed by atoms with Gasteiger partial charge < -0.3 is 20.1 Å². The summed E-state index contributed by atoms with van der Waals surface area (Å²) in [5.41, 5.74) is -0.497. The fraction of sp³-hybridized carbons (Fsp3) is 0.909. The Bertz CT molecular complexity index is 250. The summed E-state index contributed by atoms with van der Waals surface area (Å²) in [6.07, 6.45) is -0.151. The maximum absolute atomic E-state index is 11.8. The van der Waals surface area contributed by atoms with Gasteiger partial charge in [-0.05, 0) is 33.7 Å². The highest BCUT2D eigenvalue weighted by molar-refractivity contribution is 5.68. The van der Waals surface area contributed by atoms with Crippen LogP contribution in [0.2, 0.25) is 0 Å². The van der Waals surface area contributed by atoms with E-state index >= 15 is 0 Å². The summed E-state index contributed by atoms with van der Waals surface area (Å²) < 4.78 is 5.26. The molecule has 1 amide bonds. The van der Waals surface area contributed by atoms with E-state index < -0.39 is 11.7 Å². The number of nitrogens with one attached hydrogen (secondary N) is 1. The number of carbonyl (C=O) groups excluding carboxylic acids is 1. The first kappa shape index (κ1) is 13.3. The van der Waals surface area contributed by atoms with Crippen LogP contribution >= 0.6 is 0 Å². The summed E-state index contributed by atoms with van der Waals surface area (Å²) in [5.74, 6) is 0.